The van der Waals surface area contributed by atoms with Crippen LogP contribution in [-0.4, -0.2) is 291 Å². The minimum atomic E-state index is -1.60. The van der Waals surface area contributed by atoms with Crippen LogP contribution in [0.1, 0.15) is 149 Å². The van der Waals surface area contributed by atoms with Gasteiger partial charge in [-0.25, -0.2) is 18.4 Å². The molecule has 0 radical (unpaired) electrons. The van der Waals surface area contributed by atoms with Crippen LogP contribution in [0, 0.1) is 10.8 Å². The number of carboxylic acid groups (broad SMARTS) is 2. The Morgan fingerprint density at radius 2 is 0.865 bits per heavy atom. The maximum absolute atomic E-state index is 14.6. The number of alkyl halides is 1. The van der Waals surface area contributed by atoms with E-state index in [1.165, 1.54) is 37.5 Å². The van der Waals surface area contributed by atoms with E-state index in [0.29, 0.717) is 0 Å². The van der Waals surface area contributed by atoms with Crippen molar-refractivity contribution in [1.29, 1.82) is 10.8 Å². The number of ether oxygens (including phenoxy) is 4. The first-order valence-corrected chi connectivity index (χ1v) is 41.4. The van der Waals surface area contributed by atoms with Gasteiger partial charge in [0.25, 0.3) is 0 Å². The number of carbonyl (C=O) groups excluding carboxylic acids is 12. The van der Waals surface area contributed by atoms with Crippen molar-refractivity contribution < 1.29 is 101 Å². The number of nitrogens with zero attached hydrogens (tertiary/aromatic N) is 10. The van der Waals surface area contributed by atoms with Crippen LogP contribution < -0.4 is 80.6 Å². The van der Waals surface area contributed by atoms with Crippen LogP contribution in [0.4, 0.5) is 4.39 Å². The smallest absolute Gasteiger partial charge is 0.305 e. The standard InChI is InChI=1S/C78H114FN27O20/c79-43-52-46-104(100-97-52)49-67(111)86-28-32-124-34-36-126-38-37-125-35-33-123-31-23-68(112)103(29-21-63(107)84-24-9-7-19-61-75(121)93-53(17-11-26-87-77(80)81)71(117)89-44-65(109)91-57(41-69(113)114)73(119)95-55(59-47-105(61)101-98-59)39-50-13-3-1-4-14-50)30-22-64(108)85-25-10-8-20-62-76(122)94-54(18-12-27-88-78(82)83)72(118)90-45-66(110)92-58(42-70(115)116)74(120)96-56(60-48-106(62)102-99-60)40-51-15-5-2-6-16-51/h1-6,13-16,46-48,53-58,61-62H,7-12,17-45,49H2,(H,84,107)(H,85,108)(H,86,111)(H,89,117)(H,90,118)(H,91,109)(H,92,110)(H,93,121)(H,94,122)(H,95,119)(H,96,120)(H,113,114)(H,115,116)(H4,80,81,87)(H4,82,83,88)/t53-,54-,55-,56-,57-,58-,61-,62-/m0/s1/i79-1. The van der Waals surface area contributed by atoms with Gasteiger partial charge in [0.05, 0.1) is 116 Å². The van der Waals surface area contributed by atoms with Crippen LogP contribution >= 0.6 is 0 Å². The number of fused-ring (bicyclic) bond motifs is 4. The summed E-state index contributed by atoms with van der Waals surface area (Å²) in [6, 6.07) is 7.75. The molecule has 7 rings (SSSR count). The van der Waals surface area contributed by atoms with Gasteiger partial charge in [-0.3, -0.25) is 77.9 Å². The van der Waals surface area contributed by atoms with Crippen molar-refractivity contribution in [2.45, 2.75) is 171 Å². The molecule has 2 aliphatic heterocycles. The summed E-state index contributed by atoms with van der Waals surface area (Å²) < 4.78 is 38.9. The second kappa shape index (κ2) is 55.1. The van der Waals surface area contributed by atoms with E-state index in [0.717, 1.165) is 11.1 Å². The lowest BCUT2D eigenvalue weighted by Crippen LogP contribution is -2.53. The summed E-state index contributed by atoms with van der Waals surface area (Å²) in [4.78, 5) is 190. The van der Waals surface area contributed by atoms with Gasteiger partial charge in [0.2, 0.25) is 70.9 Å². The number of nitrogens with one attached hydrogen (secondary N) is 15. The number of carboxylic acids is 2. The highest BCUT2D eigenvalue weighted by Crippen LogP contribution is 2.25. The van der Waals surface area contributed by atoms with Crippen molar-refractivity contribution in [3.05, 3.63) is 107 Å². The van der Waals surface area contributed by atoms with Gasteiger partial charge in [-0.15, -0.1) is 15.3 Å². The third-order valence-corrected chi connectivity index (χ3v) is 19.6. The van der Waals surface area contributed by atoms with E-state index in [-0.39, 0.29) is 236 Å². The number of aromatic nitrogens is 9. The van der Waals surface area contributed by atoms with E-state index in [1.54, 1.807) is 60.7 Å². The van der Waals surface area contributed by atoms with Crippen LogP contribution in [-0.2, 0) is 112 Å². The van der Waals surface area contributed by atoms with E-state index in [9.17, 15) is 81.7 Å². The SMILES string of the molecule is N=C(N)NCCC[C@@H]1NC(=O)[C@H](CCCCNC(=O)CCN(CCC(=O)NCCCC[C@H]2C(=O)N[C@@H](CCCNC(=N)N)C(=O)NCC(=O)N[C@@H](CC(=O)O)C(=O)N[C@@H](Cc3ccccc3)c3cn2nn3)C(=O)CCOCCOCCOCCOCCNC(=O)Cn2cc(C[18F])nn2)n2cc(nn2)[C@H](Cc2ccccc2)NC(=O)[C@H](CC(=O)O)NC(=O)CNC1=O. The van der Waals surface area contributed by atoms with Crippen molar-refractivity contribution in [1.82, 2.24) is 119 Å². The number of nitrogens with two attached hydrogens (primary N) is 2. The van der Waals surface area contributed by atoms with Crippen LogP contribution in [0.2, 0.25) is 0 Å². The second-order valence-corrected chi connectivity index (χ2v) is 29.4. The lowest BCUT2D eigenvalue weighted by atomic mass is 10.0. The molecule has 4 bridgehead atoms. The molecule has 0 unspecified atom stereocenters. The van der Waals surface area contributed by atoms with Crippen LogP contribution in [0.25, 0.3) is 0 Å². The monoisotopic (exact) mass is 1770 g/mol. The Hall–Kier alpha value is -13.3. The van der Waals surface area contributed by atoms with Crippen molar-refractivity contribution in [3.63, 3.8) is 0 Å². The fraction of sp³-hybridized carbons (Fsp3) is 0.564. The summed E-state index contributed by atoms with van der Waals surface area (Å²) in [7, 11) is 0. The highest BCUT2D eigenvalue weighted by molar-refractivity contribution is 5.96. The summed E-state index contributed by atoms with van der Waals surface area (Å²) in [5.41, 5.74) is 12.9. The number of unbranched alkanes of at least 4 members (excludes halogenated alkanes) is 2. The molecule has 2 aromatic carbocycles. The maximum atomic E-state index is 14.6. The van der Waals surface area contributed by atoms with Gasteiger partial charge in [0.1, 0.15) is 66.6 Å². The van der Waals surface area contributed by atoms with E-state index in [4.69, 9.17) is 41.2 Å². The average molecular weight is 1770 g/mol. The summed E-state index contributed by atoms with van der Waals surface area (Å²) in [5.74, 6) is -11.8. The molecular weight excluding hydrogens is 1650 g/mol. The topological polar surface area (TPSA) is 668 Å². The zero-order valence-corrected chi connectivity index (χ0v) is 69.8. The minimum Gasteiger partial charge on any atom is -0.481 e. The zero-order valence-electron chi connectivity index (χ0n) is 69.8. The third kappa shape index (κ3) is 37.8. The molecular formula is C78H114FN27O20. The second-order valence-electron chi connectivity index (χ2n) is 29.4. The van der Waals surface area contributed by atoms with Crippen LogP contribution in [0.5, 0.6) is 0 Å². The van der Waals surface area contributed by atoms with Crippen LogP contribution in [0.3, 0.4) is 0 Å². The summed E-state index contributed by atoms with van der Waals surface area (Å²) in [6.45, 7) is -0.711. The van der Waals surface area contributed by atoms with E-state index in [1.807, 2.05) is 0 Å². The molecule has 8 atom stereocenters. The Bertz CT molecular complexity index is 4170. The number of amides is 12. The van der Waals surface area contributed by atoms with Crippen molar-refractivity contribution in [3.8, 4) is 0 Å². The number of guanidine groups is 2. The van der Waals surface area contributed by atoms with E-state index >= 15 is 0 Å². The third-order valence-electron chi connectivity index (χ3n) is 19.6. The van der Waals surface area contributed by atoms with Crippen molar-refractivity contribution in [2.75, 3.05) is 112 Å². The van der Waals surface area contributed by atoms with Gasteiger partial charge in [0.15, 0.2) is 11.9 Å². The van der Waals surface area contributed by atoms with Crippen molar-refractivity contribution >= 4 is 94.7 Å². The van der Waals surface area contributed by atoms with E-state index < -0.39 is 158 Å². The Morgan fingerprint density at radius 1 is 0.452 bits per heavy atom. The number of halogens is 1. The largest absolute Gasteiger partial charge is 0.481 e. The first-order chi connectivity index (χ1) is 60.7. The maximum Gasteiger partial charge on any atom is 0.305 e. The first kappa shape index (κ1) is 99.8. The van der Waals surface area contributed by atoms with Gasteiger partial charge >= 0.3 is 11.9 Å². The first-order valence-electron chi connectivity index (χ1n) is 41.4. The van der Waals surface area contributed by atoms with Crippen molar-refractivity contribution in [2.24, 2.45) is 11.5 Å². The molecule has 5 heterocycles. The van der Waals surface area contributed by atoms with Gasteiger partial charge in [0, 0.05) is 58.7 Å². The molecule has 0 fully saturated rings. The molecule has 688 valence electrons. The Labute approximate surface area is 723 Å². The highest BCUT2D eigenvalue weighted by Gasteiger charge is 2.35. The fourth-order valence-electron chi connectivity index (χ4n) is 13.1. The Balaban J connectivity index is 0.982. The molecule has 47 nitrogen and oxygen atoms in total. The normalized spacial score (nSPS) is 18.5. The van der Waals surface area contributed by atoms with Gasteiger partial charge < -0.3 is 115 Å². The highest BCUT2D eigenvalue weighted by atomic mass is 18.2. The number of hydrogen-bond donors (Lipinski definition) is 19. The number of rotatable bonds is 50. The number of carbonyl (C=O) groups is 14. The zero-order chi connectivity index (χ0) is 91.0. The predicted octanol–water partition coefficient (Wildman–Crippen LogP) is -4.36. The molecule has 0 saturated heterocycles. The summed E-state index contributed by atoms with van der Waals surface area (Å²) in [6.07, 6.45) is 3.66. The number of aliphatic carboxylic acids is 2. The molecule has 0 spiro atoms. The van der Waals surface area contributed by atoms with E-state index in [2.05, 4.69) is 100 Å². The van der Waals surface area contributed by atoms with Gasteiger partial charge in [-0.05, 0) is 88.2 Å². The molecule has 21 N–H and O–H groups in total. The summed E-state index contributed by atoms with van der Waals surface area (Å²) in [5, 5.41) is 93.6. The molecule has 0 aliphatic carbocycles. The quantitative estimate of drug-likeness (QED) is 0.00994. The van der Waals surface area contributed by atoms with Crippen LogP contribution in [0.15, 0.2) is 79.3 Å². The van der Waals surface area contributed by atoms with Gasteiger partial charge in [-0.1, -0.05) is 76.3 Å². The molecule has 126 heavy (non-hydrogen) atoms. The molecule has 5 aromatic rings. The predicted molar refractivity (Wildman–Crippen MR) is 442 cm³/mol. The average Bonchev–Trinajstić information content (AvgIpc) is 1.68. The Morgan fingerprint density at radius 3 is 1.29 bits per heavy atom. The molecule has 3 aromatic heterocycles. The Kier molecular flexibility index (Phi) is 43.6. The molecule has 12 amide bonds. The fourth-order valence-corrected chi connectivity index (χ4v) is 13.1. The minimum absolute atomic E-state index is 0.0208. The number of benzene rings is 2. The lowest BCUT2D eigenvalue weighted by molar-refractivity contribution is -0.141. The molecule has 48 heteroatoms. The van der Waals surface area contributed by atoms with Gasteiger partial charge in [-0.2, -0.15) is 0 Å². The summed E-state index contributed by atoms with van der Waals surface area (Å²) >= 11 is 0. The molecule has 2 aliphatic rings. The number of hydrogen-bond acceptors (Lipinski definition) is 26. The lowest BCUT2D eigenvalue weighted by Gasteiger charge is -2.24. The molecule has 0 saturated carbocycles.